The summed E-state index contributed by atoms with van der Waals surface area (Å²) in [6.07, 6.45) is 2.28. The number of carbonyl (C=O) groups excluding carboxylic acids is 2. The fourth-order valence-electron chi connectivity index (χ4n) is 3.00. The zero-order valence-corrected chi connectivity index (χ0v) is 16.3. The Labute approximate surface area is 169 Å². The first-order valence-corrected chi connectivity index (χ1v) is 9.66. The lowest BCUT2D eigenvalue weighted by atomic mass is 10.1. The Morgan fingerprint density at radius 1 is 1.07 bits per heavy atom. The molecule has 1 saturated heterocycles. The Hall–Kier alpha value is -2.77. The van der Waals surface area contributed by atoms with Gasteiger partial charge in [-0.3, -0.25) is 9.59 Å². The average molecular weight is 398 g/mol. The Morgan fingerprint density at radius 2 is 1.82 bits per heavy atom. The van der Waals surface area contributed by atoms with E-state index in [0.717, 1.165) is 25.0 Å². The third-order valence-electron chi connectivity index (χ3n) is 4.39. The molecule has 146 valence electrons. The fourth-order valence-corrected chi connectivity index (χ4v) is 3.23. The van der Waals surface area contributed by atoms with E-state index in [1.54, 1.807) is 24.3 Å². The van der Waals surface area contributed by atoms with Crippen LogP contribution in [0.25, 0.3) is 0 Å². The highest BCUT2D eigenvalue weighted by Crippen LogP contribution is 2.16. The molecular formula is C21H23N3O3S. The second-order valence-corrected chi connectivity index (χ2v) is 6.96. The summed E-state index contributed by atoms with van der Waals surface area (Å²) in [6, 6.07) is 16.5. The van der Waals surface area contributed by atoms with E-state index in [9.17, 15) is 9.59 Å². The van der Waals surface area contributed by atoms with Crippen molar-refractivity contribution in [3.8, 4) is 0 Å². The van der Waals surface area contributed by atoms with Gasteiger partial charge in [-0.1, -0.05) is 42.5 Å². The Balaban J connectivity index is 1.55. The van der Waals surface area contributed by atoms with E-state index in [2.05, 4.69) is 16.0 Å². The first kappa shape index (κ1) is 20.0. The number of amides is 2. The predicted octanol–water partition coefficient (Wildman–Crippen LogP) is 2.65. The second-order valence-electron chi connectivity index (χ2n) is 6.56. The quantitative estimate of drug-likeness (QED) is 0.653. The molecule has 1 unspecified atom stereocenters. The van der Waals surface area contributed by atoms with E-state index < -0.39 is 0 Å². The summed E-state index contributed by atoms with van der Waals surface area (Å²) in [7, 11) is 0. The number of rotatable bonds is 6. The fraction of sp³-hybridized carbons (Fsp3) is 0.286. The summed E-state index contributed by atoms with van der Waals surface area (Å²) in [4.78, 5) is 24.7. The minimum Gasteiger partial charge on any atom is -0.376 e. The number of thiocarbonyl (C=S) groups is 1. The maximum Gasteiger partial charge on any atom is 0.253 e. The van der Waals surface area contributed by atoms with Crippen molar-refractivity contribution in [3.05, 3.63) is 65.7 Å². The third-order valence-corrected chi connectivity index (χ3v) is 4.60. The lowest BCUT2D eigenvalue weighted by Gasteiger charge is -2.15. The smallest absolute Gasteiger partial charge is 0.253 e. The molecule has 0 saturated carbocycles. The summed E-state index contributed by atoms with van der Waals surface area (Å²) in [5, 5.41) is 8.64. The monoisotopic (exact) mass is 397 g/mol. The molecule has 7 heteroatoms. The molecule has 2 amide bonds. The molecule has 1 fully saturated rings. The number of nitrogens with one attached hydrogen (secondary N) is 3. The molecule has 28 heavy (non-hydrogen) atoms. The summed E-state index contributed by atoms with van der Waals surface area (Å²) in [5.74, 6) is -0.430. The minimum absolute atomic E-state index is 0.0717. The molecule has 1 aliphatic heterocycles. The van der Waals surface area contributed by atoms with Gasteiger partial charge in [-0.2, -0.15) is 0 Å². The highest BCUT2D eigenvalue weighted by molar-refractivity contribution is 7.80. The van der Waals surface area contributed by atoms with Crippen LogP contribution in [0.1, 0.15) is 28.8 Å². The third kappa shape index (κ3) is 5.87. The summed E-state index contributed by atoms with van der Waals surface area (Å²) < 4.78 is 5.53. The number of hydrogen-bond acceptors (Lipinski definition) is 4. The molecule has 0 bridgehead atoms. The van der Waals surface area contributed by atoms with Gasteiger partial charge in [0.1, 0.15) is 0 Å². The molecular weight excluding hydrogens is 374 g/mol. The molecule has 0 aromatic heterocycles. The zero-order chi connectivity index (χ0) is 19.8. The van der Waals surface area contributed by atoms with Crippen LogP contribution in [0, 0.1) is 0 Å². The van der Waals surface area contributed by atoms with Gasteiger partial charge >= 0.3 is 0 Å². The Morgan fingerprint density at radius 3 is 2.57 bits per heavy atom. The Bertz CT molecular complexity index is 836. The number of carbonyl (C=O) groups is 2. The normalized spacial score (nSPS) is 15.6. The maximum atomic E-state index is 12.5. The molecule has 1 atom stereocenters. The molecule has 1 aliphatic rings. The number of hydrogen-bond donors (Lipinski definition) is 3. The van der Waals surface area contributed by atoms with E-state index in [1.807, 2.05) is 30.3 Å². The molecule has 2 aromatic rings. The van der Waals surface area contributed by atoms with Crippen LogP contribution in [0.3, 0.4) is 0 Å². The van der Waals surface area contributed by atoms with Gasteiger partial charge in [-0.25, -0.2) is 0 Å². The molecule has 2 aromatic carbocycles. The molecule has 0 aliphatic carbocycles. The zero-order valence-electron chi connectivity index (χ0n) is 15.4. The van der Waals surface area contributed by atoms with Gasteiger partial charge in [-0.15, -0.1) is 0 Å². The van der Waals surface area contributed by atoms with Crippen LogP contribution < -0.4 is 16.0 Å². The van der Waals surface area contributed by atoms with E-state index in [0.29, 0.717) is 17.8 Å². The van der Waals surface area contributed by atoms with E-state index in [4.69, 9.17) is 17.0 Å². The van der Waals surface area contributed by atoms with Gasteiger partial charge in [0, 0.05) is 13.2 Å². The van der Waals surface area contributed by atoms with Crippen LogP contribution in [0.15, 0.2) is 54.6 Å². The largest absolute Gasteiger partial charge is 0.376 e. The van der Waals surface area contributed by atoms with Gasteiger partial charge in [0.15, 0.2) is 5.11 Å². The highest BCUT2D eigenvalue weighted by Gasteiger charge is 2.18. The topological polar surface area (TPSA) is 79.5 Å². The van der Waals surface area contributed by atoms with E-state index in [1.165, 1.54) is 0 Å². The number of ether oxygens (including phenoxy) is 1. The maximum absolute atomic E-state index is 12.5. The van der Waals surface area contributed by atoms with Gasteiger partial charge in [0.25, 0.3) is 5.91 Å². The van der Waals surface area contributed by atoms with Crippen molar-refractivity contribution >= 4 is 34.8 Å². The Kier molecular flexibility index (Phi) is 7.11. The van der Waals surface area contributed by atoms with Crippen LogP contribution in [0.2, 0.25) is 0 Å². The van der Waals surface area contributed by atoms with Crippen molar-refractivity contribution in [2.75, 3.05) is 18.5 Å². The predicted molar refractivity (Wildman–Crippen MR) is 112 cm³/mol. The minimum atomic E-state index is -0.219. The second kappa shape index (κ2) is 9.96. The van der Waals surface area contributed by atoms with E-state index >= 15 is 0 Å². The van der Waals surface area contributed by atoms with Crippen molar-refractivity contribution in [1.29, 1.82) is 0 Å². The van der Waals surface area contributed by atoms with Gasteiger partial charge in [0.05, 0.1) is 23.8 Å². The van der Waals surface area contributed by atoms with Crippen molar-refractivity contribution in [3.63, 3.8) is 0 Å². The van der Waals surface area contributed by atoms with Gasteiger partial charge < -0.3 is 20.7 Å². The number of benzene rings is 2. The number of para-hydroxylation sites is 1. The molecule has 3 rings (SSSR count). The van der Waals surface area contributed by atoms with Crippen molar-refractivity contribution in [2.45, 2.75) is 25.4 Å². The standard InChI is InChI=1S/C21H23N3O3S/c25-19(13-15-7-2-1-3-8-15)24-21(28)23-18-11-5-4-10-17(18)20(26)22-14-16-9-6-12-27-16/h1-5,7-8,10-11,16H,6,9,12-14H2,(H,22,26)(H2,23,24,25,28). The van der Waals surface area contributed by atoms with Crippen LogP contribution in [-0.4, -0.2) is 36.2 Å². The van der Waals surface area contributed by atoms with Crippen molar-refractivity contribution in [1.82, 2.24) is 10.6 Å². The summed E-state index contributed by atoms with van der Waals surface area (Å²) in [5.41, 5.74) is 1.90. The molecule has 0 radical (unpaired) electrons. The van der Waals surface area contributed by atoms with Gasteiger partial charge in [-0.05, 0) is 42.8 Å². The summed E-state index contributed by atoms with van der Waals surface area (Å²) in [6.45, 7) is 1.22. The van der Waals surface area contributed by atoms with Crippen LogP contribution in [0.5, 0.6) is 0 Å². The first-order valence-electron chi connectivity index (χ1n) is 9.25. The van der Waals surface area contributed by atoms with Crippen molar-refractivity contribution in [2.24, 2.45) is 0 Å². The van der Waals surface area contributed by atoms with Gasteiger partial charge in [0.2, 0.25) is 5.91 Å². The van der Waals surface area contributed by atoms with Crippen molar-refractivity contribution < 1.29 is 14.3 Å². The lowest BCUT2D eigenvalue weighted by molar-refractivity contribution is -0.119. The molecule has 6 nitrogen and oxygen atoms in total. The lowest BCUT2D eigenvalue weighted by Crippen LogP contribution is -2.36. The molecule has 3 N–H and O–H groups in total. The van der Waals surface area contributed by atoms with Crippen LogP contribution in [0.4, 0.5) is 5.69 Å². The average Bonchev–Trinajstić information content (AvgIpc) is 3.21. The molecule has 0 spiro atoms. The van der Waals surface area contributed by atoms with E-state index in [-0.39, 0.29) is 29.5 Å². The van der Waals surface area contributed by atoms with Crippen LogP contribution >= 0.6 is 12.2 Å². The summed E-state index contributed by atoms with van der Waals surface area (Å²) >= 11 is 5.23. The number of anilines is 1. The highest BCUT2D eigenvalue weighted by atomic mass is 32.1. The molecule has 1 heterocycles. The SMILES string of the molecule is O=C(Cc1ccccc1)NC(=S)Nc1ccccc1C(=O)NCC1CCCO1. The first-order chi connectivity index (χ1) is 13.6. The van der Waals surface area contributed by atoms with Crippen LogP contribution in [-0.2, 0) is 16.0 Å².